The van der Waals surface area contributed by atoms with E-state index < -0.39 is 0 Å². The smallest absolute Gasteiger partial charge is 0.139 e. The first-order valence-electron chi connectivity index (χ1n) is 6.78. The summed E-state index contributed by atoms with van der Waals surface area (Å²) in [6.45, 7) is 5.14. The third kappa shape index (κ3) is 3.25. The highest BCUT2D eigenvalue weighted by atomic mass is 79.9. The fourth-order valence-corrected chi connectivity index (χ4v) is 2.65. The molecular weight excluding hydrogens is 318 g/mol. The standard InChI is InChI=1S/C16H20BrNO2/c1-4-8-18-15(16-13(17)7-9-20-16)12-10-11(2)5-6-14(12)19-3/h5-7,9-10,15,18H,4,8H2,1-3H3. The van der Waals surface area contributed by atoms with Crippen molar-refractivity contribution in [1.82, 2.24) is 5.32 Å². The molecule has 0 aliphatic heterocycles. The molecule has 1 unspecified atom stereocenters. The molecule has 0 aliphatic rings. The lowest BCUT2D eigenvalue weighted by molar-refractivity contribution is 0.391. The van der Waals surface area contributed by atoms with Crippen LogP contribution in [0, 0.1) is 6.92 Å². The first-order valence-corrected chi connectivity index (χ1v) is 7.57. The van der Waals surface area contributed by atoms with E-state index in [1.54, 1.807) is 13.4 Å². The number of furan rings is 1. The third-order valence-electron chi connectivity index (χ3n) is 3.20. The van der Waals surface area contributed by atoms with Crippen LogP contribution in [0.2, 0.25) is 0 Å². The highest BCUT2D eigenvalue weighted by Crippen LogP contribution is 2.34. The lowest BCUT2D eigenvalue weighted by Gasteiger charge is -2.20. The van der Waals surface area contributed by atoms with Crippen molar-refractivity contribution in [3.63, 3.8) is 0 Å². The highest BCUT2D eigenvalue weighted by molar-refractivity contribution is 9.10. The molecule has 0 saturated heterocycles. The van der Waals surface area contributed by atoms with Crippen LogP contribution in [0.4, 0.5) is 0 Å². The molecule has 0 spiro atoms. The Morgan fingerprint density at radius 1 is 1.35 bits per heavy atom. The van der Waals surface area contributed by atoms with Crippen LogP contribution in [0.15, 0.2) is 39.4 Å². The number of methoxy groups -OCH3 is 1. The van der Waals surface area contributed by atoms with Gasteiger partial charge in [0, 0.05) is 5.56 Å². The lowest BCUT2D eigenvalue weighted by Crippen LogP contribution is -2.23. The van der Waals surface area contributed by atoms with E-state index in [0.29, 0.717) is 0 Å². The molecule has 1 aromatic heterocycles. The van der Waals surface area contributed by atoms with Crippen molar-refractivity contribution in [2.75, 3.05) is 13.7 Å². The van der Waals surface area contributed by atoms with Gasteiger partial charge in [-0.05, 0) is 48.0 Å². The third-order valence-corrected chi connectivity index (χ3v) is 3.86. The number of hydrogen-bond acceptors (Lipinski definition) is 3. The van der Waals surface area contributed by atoms with Crippen molar-refractivity contribution in [1.29, 1.82) is 0 Å². The molecule has 0 fully saturated rings. The topological polar surface area (TPSA) is 34.4 Å². The first-order chi connectivity index (χ1) is 9.67. The van der Waals surface area contributed by atoms with E-state index in [2.05, 4.69) is 47.2 Å². The van der Waals surface area contributed by atoms with E-state index >= 15 is 0 Å². The van der Waals surface area contributed by atoms with Crippen molar-refractivity contribution in [2.24, 2.45) is 0 Å². The summed E-state index contributed by atoms with van der Waals surface area (Å²) in [6.07, 6.45) is 2.76. The van der Waals surface area contributed by atoms with Crippen molar-refractivity contribution in [3.8, 4) is 5.75 Å². The summed E-state index contributed by atoms with van der Waals surface area (Å²) in [5.74, 6) is 1.75. The molecular formula is C16H20BrNO2. The van der Waals surface area contributed by atoms with Crippen LogP contribution in [-0.2, 0) is 0 Å². The predicted molar refractivity (Wildman–Crippen MR) is 84.3 cm³/mol. The van der Waals surface area contributed by atoms with E-state index in [1.165, 1.54) is 5.56 Å². The maximum atomic E-state index is 5.65. The Labute approximate surface area is 128 Å². The molecule has 1 atom stereocenters. The quantitative estimate of drug-likeness (QED) is 0.845. The van der Waals surface area contributed by atoms with Crippen LogP contribution in [0.3, 0.4) is 0 Å². The molecule has 3 nitrogen and oxygen atoms in total. The van der Waals surface area contributed by atoms with Gasteiger partial charge in [-0.25, -0.2) is 0 Å². The molecule has 108 valence electrons. The summed E-state index contributed by atoms with van der Waals surface area (Å²) in [5.41, 5.74) is 2.29. The molecule has 1 aromatic carbocycles. The van der Waals surface area contributed by atoms with Crippen molar-refractivity contribution in [3.05, 3.63) is 51.9 Å². The van der Waals surface area contributed by atoms with Gasteiger partial charge in [-0.2, -0.15) is 0 Å². The summed E-state index contributed by atoms with van der Waals surface area (Å²) in [4.78, 5) is 0. The van der Waals surface area contributed by atoms with Crippen LogP contribution in [0.25, 0.3) is 0 Å². The lowest BCUT2D eigenvalue weighted by atomic mass is 10.0. The molecule has 1 N–H and O–H groups in total. The number of halogens is 1. The molecule has 1 heterocycles. The van der Waals surface area contributed by atoms with Crippen LogP contribution in [0.1, 0.15) is 36.3 Å². The minimum absolute atomic E-state index is 0.0193. The zero-order valence-electron chi connectivity index (χ0n) is 12.1. The van der Waals surface area contributed by atoms with Crippen LogP contribution < -0.4 is 10.1 Å². The highest BCUT2D eigenvalue weighted by Gasteiger charge is 2.22. The summed E-state index contributed by atoms with van der Waals surface area (Å²) < 4.78 is 12.1. The molecule has 20 heavy (non-hydrogen) atoms. The van der Waals surface area contributed by atoms with Gasteiger partial charge in [0.25, 0.3) is 0 Å². The van der Waals surface area contributed by atoms with Gasteiger partial charge in [0.15, 0.2) is 0 Å². The Kier molecular flexibility index (Phi) is 5.26. The summed E-state index contributed by atoms with van der Waals surface area (Å²) in [5, 5.41) is 3.53. The van der Waals surface area contributed by atoms with Gasteiger partial charge in [-0.1, -0.05) is 24.6 Å². The molecule has 0 bridgehead atoms. The van der Waals surface area contributed by atoms with Gasteiger partial charge in [0.2, 0.25) is 0 Å². The normalized spacial score (nSPS) is 12.4. The fourth-order valence-electron chi connectivity index (χ4n) is 2.22. The molecule has 0 radical (unpaired) electrons. The number of ether oxygens (including phenoxy) is 1. The number of benzene rings is 1. The number of aryl methyl sites for hydroxylation is 1. The molecule has 0 saturated carbocycles. The largest absolute Gasteiger partial charge is 0.496 e. The summed E-state index contributed by atoms with van der Waals surface area (Å²) >= 11 is 3.55. The van der Waals surface area contributed by atoms with Crippen molar-refractivity contribution < 1.29 is 9.15 Å². The zero-order valence-corrected chi connectivity index (χ0v) is 13.7. The van der Waals surface area contributed by atoms with Crippen molar-refractivity contribution in [2.45, 2.75) is 26.3 Å². The molecule has 0 amide bonds. The average Bonchev–Trinajstić information content (AvgIpc) is 2.86. The van der Waals surface area contributed by atoms with Gasteiger partial charge < -0.3 is 14.5 Å². The second-order valence-corrected chi connectivity index (χ2v) is 5.62. The maximum absolute atomic E-state index is 5.65. The molecule has 4 heteroatoms. The fraction of sp³-hybridized carbons (Fsp3) is 0.375. The van der Waals surface area contributed by atoms with E-state index in [1.807, 2.05) is 12.1 Å². The number of rotatable bonds is 6. The summed E-state index contributed by atoms with van der Waals surface area (Å²) in [7, 11) is 1.70. The van der Waals surface area contributed by atoms with Gasteiger partial charge in [0.1, 0.15) is 11.5 Å². The Hall–Kier alpha value is -1.26. The summed E-state index contributed by atoms with van der Waals surface area (Å²) in [6, 6.07) is 8.09. The monoisotopic (exact) mass is 337 g/mol. The number of hydrogen-bond donors (Lipinski definition) is 1. The second-order valence-electron chi connectivity index (χ2n) is 4.77. The van der Waals surface area contributed by atoms with Crippen LogP contribution in [-0.4, -0.2) is 13.7 Å². The van der Waals surface area contributed by atoms with Gasteiger partial charge in [-0.3, -0.25) is 0 Å². The second kappa shape index (κ2) is 6.95. The Morgan fingerprint density at radius 3 is 2.75 bits per heavy atom. The van der Waals surface area contributed by atoms with Gasteiger partial charge in [-0.15, -0.1) is 0 Å². The Balaban J connectivity index is 2.46. The molecule has 2 rings (SSSR count). The van der Waals surface area contributed by atoms with Crippen LogP contribution in [0.5, 0.6) is 5.75 Å². The maximum Gasteiger partial charge on any atom is 0.139 e. The van der Waals surface area contributed by atoms with E-state index in [-0.39, 0.29) is 6.04 Å². The Morgan fingerprint density at radius 2 is 2.15 bits per heavy atom. The zero-order chi connectivity index (χ0) is 14.5. The number of nitrogens with one attached hydrogen (secondary N) is 1. The minimum Gasteiger partial charge on any atom is -0.496 e. The van der Waals surface area contributed by atoms with E-state index in [9.17, 15) is 0 Å². The molecule has 0 aliphatic carbocycles. The first kappa shape index (κ1) is 15.1. The van der Waals surface area contributed by atoms with Gasteiger partial charge >= 0.3 is 0 Å². The van der Waals surface area contributed by atoms with Gasteiger partial charge in [0.05, 0.1) is 23.9 Å². The molecule has 2 aromatic rings. The van der Waals surface area contributed by atoms with Crippen LogP contribution >= 0.6 is 15.9 Å². The van der Waals surface area contributed by atoms with Crippen molar-refractivity contribution >= 4 is 15.9 Å². The SMILES string of the molecule is CCCNC(c1cc(C)ccc1OC)c1occc1Br. The Bertz CT molecular complexity index is 565. The minimum atomic E-state index is -0.0193. The average molecular weight is 338 g/mol. The van der Waals surface area contributed by atoms with E-state index in [4.69, 9.17) is 9.15 Å². The van der Waals surface area contributed by atoms with E-state index in [0.717, 1.165) is 34.5 Å². The predicted octanol–water partition coefficient (Wildman–Crippen LogP) is 4.45.